The van der Waals surface area contributed by atoms with E-state index in [0.717, 1.165) is 73.4 Å². The van der Waals surface area contributed by atoms with Gasteiger partial charge in [0.25, 0.3) is 5.91 Å². The van der Waals surface area contributed by atoms with Crippen LogP contribution in [0, 0.1) is 34.5 Å². The molecular formula is C57H73ClN8O6S. The molecule has 4 aromatic rings. The summed E-state index contributed by atoms with van der Waals surface area (Å²) in [4.78, 5) is 67.4. The van der Waals surface area contributed by atoms with Gasteiger partial charge in [-0.2, -0.15) is 5.26 Å². The van der Waals surface area contributed by atoms with E-state index in [1.807, 2.05) is 88.7 Å². The third kappa shape index (κ3) is 11.8. The minimum Gasteiger partial charge on any atom is -0.489 e. The molecule has 4 amide bonds. The number of carbonyl (C=O) groups excluding carboxylic acids is 4. The molecule has 2 bridgehead atoms. The van der Waals surface area contributed by atoms with Gasteiger partial charge in [0.05, 0.1) is 45.4 Å². The molecule has 4 fully saturated rings. The van der Waals surface area contributed by atoms with E-state index in [1.165, 1.54) is 10.5 Å². The predicted octanol–water partition coefficient (Wildman–Crippen LogP) is 8.10. The highest BCUT2D eigenvalue weighted by Crippen LogP contribution is 2.55. The molecule has 3 aromatic carbocycles. The van der Waals surface area contributed by atoms with E-state index < -0.39 is 23.6 Å². The number of aliphatic hydroxyl groups excluding tert-OH is 1. The van der Waals surface area contributed by atoms with Crippen LogP contribution in [0.4, 0.5) is 0 Å². The van der Waals surface area contributed by atoms with Gasteiger partial charge in [-0.15, -0.1) is 11.3 Å². The highest BCUT2D eigenvalue weighted by molar-refractivity contribution is 7.13. The normalized spacial score (nSPS) is 24.2. The first kappa shape index (κ1) is 53.9. The summed E-state index contributed by atoms with van der Waals surface area (Å²) in [7, 11) is 0. The second-order valence-corrected chi connectivity index (χ2v) is 24.4. The van der Waals surface area contributed by atoms with E-state index in [4.69, 9.17) is 16.3 Å². The highest BCUT2D eigenvalue weighted by atomic mass is 35.5. The number of ether oxygens (including phenoxy) is 1. The van der Waals surface area contributed by atoms with Crippen LogP contribution in [0.2, 0.25) is 5.02 Å². The van der Waals surface area contributed by atoms with Crippen molar-refractivity contribution >= 4 is 46.6 Å². The molecule has 6 atom stereocenters. The summed E-state index contributed by atoms with van der Waals surface area (Å²) >= 11 is 7.86. The van der Waals surface area contributed by atoms with Gasteiger partial charge >= 0.3 is 0 Å². The first-order valence-corrected chi connectivity index (χ1v) is 27.1. The Morgan fingerprint density at radius 2 is 1.62 bits per heavy atom. The van der Waals surface area contributed by atoms with Crippen molar-refractivity contribution in [2.75, 3.05) is 32.7 Å². The van der Waals surface area contributed by atoms with Gasteiger partial charge < -0.3 is 35.6 Å². The topological polar surface area (TPSA) is 180 Å². The number of hydrogen-bond acceptors (Lipinski definition) is 11. The molecule has 4 heterocycles. The molecule has 390 valence electrons. The second kappa shape index (κ2) is 21.8. The summed E-state index contributed by atoms with van der Waals surface area (Å²) in [6.45, 7) is 21.0. The zero-order chi connectivity index (χ0) is 52.6. The number of benzene rings is 3. The van der Waals surface area contributed by atoms with Crippen LogP contribution >= 0.6 is 22.9 Å². The third-order valence-corrected chi connectivity index (χ3v) is 17.2. The Bertz CT molecular complexity index is 2670. The number of unbranched alkanes of at least 4 members (excludes halogenated alkanes) is 1. The number of aliphatic hydroxyl groups is 1. The number of likely N-dealkylation sites (tertiary alicyclic amines) is 2. The van der Waals surface area contributed by atoms with Gasteiger partial charge in [0.1, 0.15) is 30.0 Å². The number of hydrogen-bond donors (Lipinski definition) is 4. The van der Waals surface area contributed by atoms with Crippen LogP contribution in [0.5, 0.6) is 5.75 Å². The molecule has 1 saturated carbocycles. The molecule has 0 unspecified atom stereocenters. The van der Waals surface area contributed by atoms with Crippen molar-refractivity contribution in [3.63, 3.8) is 0 Å². The van der Waals surface area contributed by atoms with E-state index in [-0.39, 0.29) is 84.2 Å². The van der Waals surface area contributed by atoms with Crippen molar-refractivity contribution in [1.82, 2.24) is 35.6 Å². The number of carbonyl (C=O) groups is 4. The molecule has 73 heavy (non-hydrogen) atoms. The van der Waals surface area contributed by atoms with Crippen LogP contribution in [0.3, 0.4) is 0 Å². The lowest BCUT2D eigenvalue weighted by molar-refractivity contribution is -0.164. The van der Waals surface area contributed by atoms with Crippen LogP contribution in [-0.2, 0) is 20.8 Å². The number of β-amino-alcohol motifs (C(OH)–C–C–N with tert-alkyl or cyclic N) is 1. The summed E-state index contributed by atoms with van der Waals surface area (Å²) in [6, 6.07) is 21.4. The van der Waals surface area contributed by atoms with Crippen molar-refractivity contribution in [2.45, 2.75) is 149 Å². The number of piperazine rings is 1. The smallest absolute Gasteiger partial charge is 0.251 e. The Morgan fingerprint density at radius 3 is 2.22 bits per heavy atom. The number of aryl methyl sites for hydroxylation is 2. The number of fused-ring (bicyclic) bond motifs is 2. The zero-order valence-corrected chi connectivity index (χ0v) is 45.4. The molecule has 0 spiro atoms. The molecule has 16 heteroatoms. The van der Waals surface area contributed by atoms with E-state index in [1.54, 1.807) is 29.5 Å². The molecular weight excluding hydrogens is 960 g/mol. The van der Waals surface area contributed by atoms with Gasteiger partial charge in [-0.05, 0) is 98.9 Å². The summed E-state index contributed by atoms with van der Waals surface area (Å²) in [5.74, 6) is -0.433. The predicted molar refractivity (Wildman–Crippen MR) is 285 cm³/mol. The Hall–Kier alpha value is -5.37. The van der Waals surface area contributed by atoms with Crippen molar-refractivity contribution < 1.29 is 29.0 Å². The Labute approximate surface area is 440 Å². The molecule has 8 rings (SSSR count). The number of nitrogens with one attached hydrogen (secondary N) is 3. The molecule has 14 nitrogen and oxygen atoms in total. The summed E-state index contributed by atoms with van der Waals surface area (Å²) in [6.07, 6.45) is 4.08. The lowest BCUT2D eigenvalue weighted by atomic mass is 9.49. The third-order valence-electron chi connectivity index (χ3n) is 15.9. The SMILES string of the molecule is Cc1ncsc1-c1ccc([C@H](C)NC(=O)[C@H]2C[C@H](O)CN2C(=O)[C@@H](NC(=O)CN2[C@H]3CC[C@H]2CN(CCCCc2ccc(C(=O)NC4C(C)(C)C(Oc5ccc(C#N)c(Cl)c5)C4(C)C)cc2)C3)C(C)(C)C)cc1. The number of nitrogens with zero attached hydrogens (tertiary/aromatic N) is 5. The number of thiazole rings is 1. The standard InChI is InChI=1S/C57H73ClN8O6S/c1-34(37-17-19-38(20-18-37)48-35(2)60-33-73-48)61-51(70)46-26-43(67)31-66(46)52(71)49(55(3,4)5)62-47(68)32-65-41-22-23-42(65)30-64(29-41)25-11-10-12-36-13-15-39(16-14-36)50(69)63-53-56(6,7)54(57(53,8)9)72-44-24-21-40(28-59)45(58)27-44/h13-21,24,27,33-34,41-43,46,49,53-54,67H,10-12,22-23,25-26,29-32H2,1-9H3,(H,61,70)(H,62,68)(H,63,69)/t34-,41-,42-,43-,46+,49+,53?,54?/m0/s1. The van der Waals surface area contributed by atoms with E-state index in [2.05, 4.69) is 64.5 Å². The minimum absolute atomic E-state index is 0.0188. The minimum atomic E-state index is -0.891. The van der Waals surface area contributed by atoms with Crippen molar-refractivity contribution in [3.8, 4) is 22.3 Å². The fourth-order valence-electron chi connectivity index (χ4n) is 12.2. The molecule has 1 aliphatic carbocycles. The van der Waals surface area contributed by atoms with E-state index in [9.17, 15) is 29.5 Å². The van der Waals surface area contributed by atoms with Crippen LogP contribution in [0.25, 0.3) is 10.4 Å². The van der Waals surface area contributed by atoms with Crippen molar-refractivity contribution in [2.24, 2.45) is 16.2 Å². The maximum Gasteiger partial charge on any atom is 0.251 e. The zero-order valence-electron chi connectivity index (χ0n) is 43.8. The average Bonchev–Trinajstić information content (AvgIpc) is 4.02. The maximum atomic E-state index is 14.4. The highest BCUT2D eigenvalue weighted by Gasteiger charge is 2.64. The number of halogens is 1. The first-order chi connectivity index (χ1) is 34.5. The average molecular weight is 1030 g/mol. The summed E-state index contributed by atoms with van der Waals surface area (Å²) in [5, 5.41) is 29.8. The molecule has 4 aliphatic rings. The largest absolute Gasteiger partial charge is 0.489 e. The number of rotatable bonds is 17. The Kier molecular flexibility index (Phi) is 16.1. The summed E-state index contributed by atoms with van der Waals surface area (Å²) < 4.78 is 6.40. The van der Waals surface area contributed by atoms with Crippen LogP contribution in [0.15, 0.2) is 72.2 Å². The quantitative estimate of drug-likeness (QED) is 0.0756. The molecule has 3 aliphatic heterocycles. The van der Waals surface area contributed by atoms with Gasteiger partial charge in [0, 0.05) is 66.6 Å². The van der Waals surface area contributed by atoms with Crippen molar-refractivity contribution in [3.05, 3.63) is 105 Å². The number of nitriles is 1. The van der Waals surface area contributed by atoms with Gasteiger partial charge in [-0.3, -0.25) is 24.1 Å². The van der Waals surface area contributed by atoms with Gasteiger partial charge in [-0.25, -0.2) is 4.98 Å². The van der Waals surface area contributed by atoms with Gasteiger partial charge in [-0.1, -0.05) is 96.5 Å². The monoisotopic (exact) mass is 1030 g/mol. The van der Waals surface area contributed by atoms with Gasteiger partial charge in [0.15, 0.2) is 0 Å². The lowest BCUT2D eigenvalue weighted by Gasteiger charge is -2.63. The van der Waals surface area contributed by atoms with E-state index >= 15 is 0 Å². The first-order valence-electron chi connectivity index (χ1n) is 25.9. The van der Waals surface area contributed by atoms with Gasteiger partial charge in [0.2, 0.25) is 17.7 Å². The van der Waals surface area contributed by atoms with E-state index in [0.29, 0.717) is 21.9 Å². The van der Waals surface area contributed by atoms with Crippen LogP contribution < -0.4 is 20.7 Å². The molecule has 0 radical (unpaired) electrons. The lowest BCUT2D eigenvalue weighted by Crippen LogP contribution is -2.74. The van der Waals surface area contributed by atoms with Crippen LogP contribution in [-0.4, -0.2) is 124 Å². The fourth-order valence-corrected chi connectivity index (χ4v) is 13.2. The van der Waals surface area contributed by atoms with Crippen LogP contribution in [0.1, 0.15) is 126 Å². The Morgan fingerprint density at radius 1 is 0.945 bits per heavy atom. The second-order valence-electron chi connectivity index (χ2n) is 23.2. The molecule has 3 saturated heterocycles. The summed E-state index contributed by atoms with van der Waals surface area (Å²) in [5.41, 5.74) is 5.61. The number of amides is 4. The number of aromatic nitrogens is 1. The molecule has 4 N–H and O–H groups in total. The fraction of sp³-hybridized carbons (Fsp3) is 0.544. The van der Waals surface area contributed by atoms with Crippen molar-refractivity contribution in [1.29, 1.82) is 5.26 Å². The molecule has 1 aromatic heterocycles. The Balaban J connectivity index is 0.773. The maximum absolute atomic E-state index is 14.4.